The number of nitrogens with zero attached hydrogens (tertiary/aromatic N) is 2. The van der Waals surface area contributed by atoms with Gasteiger partial charge in [-0.1, -0.05) is 62.2 Å². The van der Waals surface area contributed by atoms with Gasteiger partial charge in [-0.3, -0.25) is 10.1 Å². The van der Waals surface area contributed by atoms with Crippen molar-refractivity contribution < 1.29 is 4.92 Å². The molecular weight excluding hydrogens is 400 g/mol. The highest BCUT2D eigenvalue weighted by Crippen LogP contribution is 2.43. The average Bonchev–Trinajstić information content (AvgIpc) is 2.53. The van der Waals surface area contributed by atoms with Gasteiger partial charge < -0.3 is 0 Å². The van der Waals surface area contributed by atoms with Crippen molar-refractivity contribution >= 4 is 37.5 Å². The van der Waals surface area contributed by atoms with Gasteiger partial charge in [-0.25, -0.2) is 0 Å². The topological polar surface area (TPSA) is 66.9 Å². The first-order valence-electron chi connectivity index (χ1n) is 6.06. The Morgan fingerprint density at radius 3 is 2.33 bits per heavy atom. The van der Waals surface area contributed by atoms with Gasteiger partial charge in [-0.2, -0.15) is 5.26 Å². The summed E-state index contributed by atoms with van der Waals surface area (Å²) in [6.07, 6.45) is 0. The summed E-state index contributed by atoms with van der Waals surface area (Å²) in [7, 11) is 0. The van der Waals surface area contributed by atoms with Crippen LogP contribution in [0.3, 0.4) is 0 Å². The van der Waals surface area contributed by atoms with E-state index >= 15 is 0 Å². The second-order valence-electron chi connectivity index (χ2n) is 4.35. The average molecular weight is 410 g/mol. The van der Waals surface area contributed by atoms with Crippen LogP contribution in [0.2, 0.25) is 0 Å². The molecule has 0 spiro atoms. The summed E-state index contributed by atoms with van der Waals surface area (Å²) < 4.78 is 0. The number of alkyl halides is 2. The fourth-order valence-corrected chi connectivity index (χ4v) is 3.25. The maximum absolute atomic E-state index is 10.8. The van der Waals surface area contributed by atoms with Crippen LogP contribution in [0.5, 0.6) is 0 Å². The number of benzene rings is 2. The lowest BCUT2D eigenvalue weighted by Gasteiger charge is -2.18. The molecule has 0 fully saturated rings. The predicted octanol–water partition coefficient (Wildman–Crippen LogP) is 5.04. The molecule has 0 unspecified atom stereocenters. The molecule has 0 amide bonds. The summed E-state index contributed by atoms with van der Waals surface area (Å²) in [6, 6.07) is 16.1. The largest absolute Gasteiger partial charge is 0.270 e. The first-order chi connectivity index (χ1) is 10.0. The van der Waals surface area contributed by atoms with Gasteiger partial charge >= 0.3 is 0 Å². The summed E-state index contributed by atoms with van der Waals surface area (Å²) in [5.74, 6) is 0. The molecule has 0 aliphatic rings. The molecule has 0 aromatic heterocycles. The van der Waals surface area contributed by atoms with E-state index in [2.05, 4.69) is 31.9 Å². The van der Waals surface area contributed by atoms with Crippen molar-refractivity contribution in [1.29, 1.82) is 5.26 Å². The molecule has 0 bridgehead atoms. The van der Waals surface area contributed by atoms with E-state index in [9.17, 15) is 15.4 Å². The first-order valence-corrected chi connectivity index (χ1v) is 7.89. The van der Waals surface area contributed by atoms with E-state index in [1.54, 1.807) is 6.07 Å². The van der Waals surface area contributed by atoms with E-state index in [1.165, 1.54) is 12.1 Å². The van der Waals surface area contributed by atoms with Gasteiger partial charge in [0.05, 0.1) is 26.2 Å². The van der Waals surface area contributed by atoms with Gasteiger partial charge in [0.2, 0.25) is 0 Å². The predicted molar refractivity (Wildman–Crippen MR) is 87.6 cm³/mol. The molecule has 2 atom stereocenters. The van der Waals surface area contributed by atoms with Crippen LogP contribution in [-0.4, -0.2) is 4.92 Å². The number of nitro groups is 1. The number of nitriles is 1. The Morgan fingerprint density at radius 1 is 1.10 bits per heavy atom. The minimum atomic E-state index is -0.503. The third-order valence-electron chi connectivity index (χ3n) is 3.04. The monoisotopic (exact) mass is 408 g/mol. The number of halogens is 2. The Balaban J connectivity index is 2.37. The molecule has 2 aromatic rings. The summed E-state index contributed by atoms with van der Waals surface area (Å²) >= 11 is 7.18. The minimum Gasteiger partial charge on any atom is -0.258 e. The highest BCUT2D eigenvalue weighted by Gasteiger charge is 2.23. The first kappa shape index (κ1) is 15.7. The smallest absolute Gasteiger partial charge is 0.258 e. The lowest BCUT2D eigenvalue weighted by Crippen LogP contribution is -2.02. The third kappa shape index (κ3) is 3.49. The van der Waals surface area contributed by atoms with Gasteiger partial charge in [0.25, 0.3) is 5.69 Å². The maximum Gasteiger partial charge on any atom is 0.270 e. The fraction of sp³-hybridized carbons (Fsp3) is 0.133. The summed E-state index contributed by atoms with van der Waals surface area (Å²) in [4.78, 5) is 10.1. The number of rotatable bonds is 4. The highest BCUT2D eigenvalue weighted by molar-refractivity contribution is 9.12. The van der Waals surface area contributed by atoms with E-state index in [1.807, 2.05) is 36.4 Å². The SMILES string of the molecule is N#Cc1cc([N+](=O)[O-])ccc1[C@@H](Br)[C@@H](Br)c1ccccc1. The van der Waals surface area contributed by atoms with Crippen LogP contribution in [0.25, 0.3) is 0 Å². The standard InChI is InChI=1S/C15H10Br2N2O2/c16-14(10-4-2-1-3-5-10)15(17)13-7-6-12(19(20)21)8-11(13)9-18/h1-8,14-15H/t14-,15+/m0/s1. The second kappa shape index (κ2) is 6.83. The van der Waals surface area contributed by atoms with Crippen molar-refractivity contribution in [2.75, 3.05) is 0 Å². The Morgan fingerprint density at radius 2 is 1.76 bits per heavy atom. The van der Waals surface area contributed by atoms with Crippen LogP contribution in [0.4, 0.5) is 5.69 Å². The van der Waals surface area contributed by atoms with Crippen LogP contribution >= 0.6 is 31.9 Å². The number of hydrogen-bond donors (Lipinski definition) is 0. The summed E-state index contributed by atoms with van der Waals surface area (Å²) in [6.45, 7) is 0. The zero-order valence-corrected chi connectivity index (χ0v) is 13.9. The Labute approximate surface area is 138 Å². The quantitative estimate of drug-likeness (QED) is 0.403. The lowest BCUT2D eigenvalue weighted by atomic mass is 9.99. The summed E-state index contributed by atoms with van der Waals surface area (Å²) in [5.41, 5.74) is 1.99. The normalized spacial score (nSPS) is 13.2. The fourth-order valence-electron chi connectivity index (χ4n) is 1.96. The second-order valence-corrected chi connectivity index (χ2v) is 6.33. The minimum absolute atomic E-state index is 0.0488. The van der Waals surface area contributed by atoms with Gasteiger partial charge in [0.1, 0.15) is 0 Å². The van der Waals surface area contributed by atoms with Crippen LogP contribution < -0.4 is 0 Å². The zero-order chi connectivity index (χ0) is 15.4. The molecule has 0 N–H and O–H groups in total. The van der Waals surface area contributed by atoms with Crippen molar-refractivity contribution in [1.82, 2.24) is 0 Å². The zero-order valence-electron chi connectivity index (χ0n) is 10.7. The van der Waals surface area contributed by atoms with Crippen molar-refractivity contribution in [2.24, 2.45) is 0 Å². The molecule has 0 aliphatic heterocycles. The Bertz CT molecular complexity index is 699. The third-order valence-corrected chi connectivity index (χ3v) is 5.83. The molecule has 0 saturated carbocycles. The van der Waals surface area contributed by atoms with E-state index in [-0.39, 0.29) is 15.3 Å². The number of nitro benzene ring substituents is 1. The van der Waals surface area contributed by atoms with E-state index < -0.39 is 4.92 Å². The number of non-ortho nitro benzene ring substituents is 1. The molecule has 0 aliphatic carbocycles. The maximum atomic E-state index is 10.8. The van der Waals surface area contributed by atoms with Gasteiger partial charge in [-0.05, 0) is 17.2 Å². The molecule has 4 nitrogen and oxygen atoms in total. The van der Waals surface area contributed by atoms with E-state index in [0.29, 0.717) is 11.1 Å². The lowest BCUT2D eigenvalue weighted by molar-refractivity contribution is -0.384. The van der Waals surface area contributed by atoms with Crippen LogP contribution in [0, 0.1) is 21.4 Å². The number of hydrogen-bond acceptors (Lipinski definition) is 3. The van der Waals surface area contributed by atoms with Crippen molar-refractivity contribution in [3.05, 3.63) is 75.3 Å². The molecule has 106 valence electrons. The molecule has 21 heavy (non-hydrogen) atoms. The van der Waals surface area contributed by atoms with Gasteiger partial charge in [-0.15, -0.1) is 0 Å². The molecule has 0 heterocycles. The Kier molecular flexibility index (Phi) is 5.10. The van der Waals surface area contributed by atoms with Gasteiger partial charge in [0, 0.05) is 12.1 Å². The molecule has 2 aromatic carbocycles. The van der Waals surface area contributed by atoms with E-state index in [0.717, 1.165) is 5.56 Å². The van der Waals surface area contributed by atoms with Crippen LogP contribution in [-0.2, 0) is 0 Å². The molecular formula is C15H10Br2N2O2. The van der Waals surface area contributed by atoms with Crippen LogP contribution in [0.15, 0.2) is 48.5 Å². The van der Waals surface area contributed by atoms with Crippen molar-refractivity contribution in [3.8, 4) is 6.07 Å². The molecule has 0 saturated heterocycles. The highest BCUT2D eigenvalue weighted by atomic mass is 79.9. The van der Waals surface area contributed by atoms with Crippen LogP contribution in [0.1, 0.15) is 26.3 Å². The van der Waals surface area contributed by atoms with Crippen molar-refractivity contribution in [2.45, 2.75) is 9.65 Å². The molecule has 6 heteroatoms. The summed E-state index contributed by atoms with van der Waals surface area (Å²) in [5, 5.41) is 20.0. The molecule has 0 radical (unpaired) electrons. The molecule has 2 rings (SSSR count). The van der Waals surface area contributed by atoms with Gasteiger partial charge in [0.15, 0.2) is 0 Å². The van der Waals surface area contributed by atoms with E-state index in [4.69, 9.17) is 0 Å². The Hall–Kier alpha value is -1.71. The van der Waals surface area contributed by atoms with Crippen molar-refractivity contribution in [3.63, 3.8) is 0 Å².